The number of carbonyl (C=O) groups excluding carboxylic acids is 2. The highest BCUT2D eigenvalue weighted by molar-refractivity contribution is 9.10. The van der Waals surface area contributed by atoms with Crippen LogP contribution in [-0.4, -0.2) is 30.8 Å². The Morgan fingerprint density at radius 1 is 0.973 bits per heavy atom. The first-order chi connectivity index (χ1) is 17.9. The van der Waals surface area contributed by atoms with Crippen LogP contribution in [0.2, 0.25) is 0 Å². The van der Waals surface area contributed by atoms with Gasteiger partial charge >= 0.3 is 5.97 Å². The zero-order chi connectivity index (χ0) is 26.2. The Balaban J connectivity index is 1.41. The molecular formula is C29H25BrN2O5. The minimum atomic E-state index is -0.789. The molecule has 7 nitrogen and oxygen atoms in total. The van der Waals surface area contributed by atoms with E-state index in [2.05, 4.69) is 26.5 Å². The molecule has 0 aliphatic heterocycles. The van der Waals surface area contributed by atoms with E-state index < -0.39 is 18.0 Å². The van der Waals surface area contributed by atoms with E-state index in [0.717, 1.165) is 15.2 Å². The van der Waals surface area contributed by atoms with Gasteiger partial charge in [-0.05, 0) is 67.8 Å². The van der Waals surface area contributed by atoms with Crippen molar-refractivity contribution in [3.8, 4) is 17.2 Å². The first kappa shape index (κ1) is 25.9. The number of nitrogens with one attached hydrogen (secondary N) is 1. The lowest BCUT2D eigenvalue weighted by molar-refractivity contribution is -0.127. The maximum absolute atomic E-state index is 12.7. The summed E-state index contributed by atoms with van der Waals surface area (Å²) in [6.45, 7) is 4.08. The molecule has 0 aromatic heterocycles. The second-order valence-electron chi connectivity index (χ2n) is 8.00. The summed E-state index contributed by atoms with van der Waals surface area (Å²) in [6.07, 6.45) is 0.621. The first-order valence-electron chi connectivity index (χ1n) is 11.7. The minimum absolute atomic E-state index is 0.292. The van der Waals surface area contributed by atoms with Crippen molar-refractivity contribution in [3.63, 3.8) is 0 Å². The molecule has 1 atom stereocenters. The maximum atomic E-state index is 12.7. The summed E-state index contributed by atoms with van der Waals surface area (Å²) in [5.74, 6) is 0.624. The number of benzene rings is 4. The van der Waals surface area contributed by atoms with Crippen LogP contribution in [0.4, 0.5) is 0 Å². The van der Waals surface area contributed by atoms with E-state index in [1.807, 2.05) is 49.4 Å². The highest BCUT2D eigenvalue weighted by Crippen LogP contribution is 2.26. The Hall–Kier alpha value is -4.17. The summed E-state index contributed by atoms with van der Waals surface area (Å²) < 4.78 is 17.6. The highest BCUT2D eigenvalue weighted by Gasteiger charge is 2.16. The van der Waals surface area contributed by atoms with Crippen molar-refractivity contribution in [1.82, 2.24) is 5.43 Å². The number of hydrogen-bond acceptors (Lipinski definition) is 6. The molecule has 4 aromatic rings. The molecule has 0 aliphatic rings. The van der Waals surface area contributed by atoms with E-state index >= 15 is 0 Å². The van der Waals surface area contributed by atoms with E-state index in [9.17, 15) is 9.59 Å². The number of carbonyl (C=O) groups is 2. The Kier molecular flexibility index (Phi) is 8.53. The molecule has 4 rings (SSSR count). The SMILES string of the molecule is CCOc1ccc(C(=O)Oc2ccc(Br)cc2/C=N/NC(=O)C(C)Oc2cccc3ccccc23)cc1. The van der Waals surface area contributed by atoms with Crippen molar-refractivity contribution in [2.45, 2.75) is 20.0 Å². The molecule has 37 heavy (non-hydrogen) atoms. The first-order valence-corrected chi connectivity index (χ1v) is 12.5. The number of ether oxygens (including phenoxy) is 3. The maximum Gasteiger partial charge on any atom is 0.343 e. The number of nitrogens with zero attached hydrogens (tertiary/aromatic N) is 1. The summed E-state index contributed by atoms with van der Waals surface area (Å²) >= 11 is 3.41. The quantitative estimate of drug-likeness (QED) is 0.115. The lowest BCUT2D eigenvalue weighted by Crippen LogP contribution is -2.33. The molecule has 4 aromatic carbocycles. The second kappa shape index (κ2) is 12.2. The topological polar surface area (TPSA) is 86.2 Å². The van der Waals surface area contributed by atoms with Gasteiger partial charge in [0.1, 0.15) is 17.2 Å². The van der Waals surface area contributed by atoms with E-state index in [-0.39, 0.29) is 0 Å². The van der Waals surface area contributed by atoms with Gasteiger partial charge in [0.25, 0.3) is 5.91 Å². The predicted octanol–water partition coefficient (Wildman–Crippen LogP) is 6.14. The number of amides is 1. The lowest BCUT2D eigenvalue weighted by Gasteiger charge is -2.14. The molecule has 0 heterocycles. The van der Waals surface area contributed by atoms with Crippen LogP contribution in [-0.2, 0) is 4.79 Å². The predicted molar refractivity (Wildman–Crippen MR) is 146 cm³/mol. The molecule has 0 fully saturated rings. The van der Waals surface area contributed by atoms with Crippen molar-refractivity contribution >= 4 is 44.8 Å². The average molecular weight is 561 g/mol. The van der Waals surface area contributed by atoms with Crippen LogP contribution >= 0.6 is 15.9 Å². The lowest BCUT2D eigenvalue weighted by atomic mass is 10.1. The minimum Gasteiger partial charge on any atom is -0.494 e. The van der Waals surface area contributed by atoms with Crippen LogP contribution in [0.25, 0.3) is 10.8 Å². The Bertz CT molecular complexity index is 1430. The zero-order valence-corrected chi connectivity index (χ0v) is 21.9. The van der Waals surface area contributed by atoms with Gasteiger partial charge in [0, 0.05) is 15.4 Å². The molecule has 188 valence electrons. The summed E-state index contributed by atoms with van der Waals surface area (Å²) in [5, 5.41) is 5.99. The molecule has 1 amide bonds. The summed E-state index contributed by atoms with van der Waals surface area (Å²) in [6, 6.07) is 25.3. The number of rotatable bonds is 9. The van der Waals surface area contributed by atoms with Gasteiger partial charge in [-0.2, -0.15) is 5.10 Å². The zero-order valence-electron chi connectivity index (χ0n) is 20.3. The Labute approximate surface area is 223 Å². The average Bonchev–Trinajstić information content (AvgIpc) is 2.91. The van der Waals surface area contributed by atoms with Crippen LogP contribution in [0.3, 0.4) is 0 Å². The Morgan fingerprint density at radius 2 is 1.73 bits per heavy atom. The van der Waals surface area contributed by atoms with Gasteiger partial charge in [-0.15, -0.1) is 0 Å². The molecular weight excluding hydrogens is 536 g/mol. The second-order valence-corrected chi connectivity index (χ2v) is 8.92. The Morgan fingerprint density at radius 3 is 2.51 bits per heavy atom. The third kappa shape index (κ3) is 6.74. The largest absolute Gasteiger partial charge is 0.494 e. The normalized spacial score (nSPS) is 11.8. The van der Waals surface area contributed by atoms with Gasteiger partial charge in [0.2, 0.25) is 0 Å². The van der Waals surface area contributed by atoms with Crippen molar-refractivity contribution in [2.75, 3.05) is 6.61 Å². The molecule has 1 N–H and O–H groups in total. The fourth-order valence-electron chi connectivity index (χ4n) is 3.52. The van der Waals surface area contributed by atoms with Crippen LogP contribution in [0.1, 0.15) is 29.8 Å². The van der Waals surface area contributed by atoms with E-state index in [1.165, 1.54) is 6.21 Å². The van der Waals surface area contributed by atoms with Crippen molar-refractivity contribution in [2.24, 2.45) is 5.10 Å². The summed E-state index contributed by atoms with van der Waals surface area (Å²) in [5.41, 5.74) is 3.36. The van der Waals surface area contributed by atoms with Crippen LogP contribution in [0, 0.1) is 0 Å². The fraction of sp³-hybridized carbons (Fsp3) is 0.138. The summed E-state index contributed by atoms with van der Waals surface area (Å²) in [7, 11) is 0. The van der Waals surface area contributed by atoms with Gasteiger partial charge in [-0.3, -0.25) is 4.79 Å². The van der Waals surface area contributed by atoms with Gasteiger partial charge in [0.15, 0.2) is 6.10 Å². The van der Waals surface area contributed by atoms with Gasteiger partial charge in [0.05, 0.1) is 18.4 Å². The fourth-order valence-corrected chi connectivity index (χ4v) is 3.90. The van der Waals surface area contributed by atoms with Gasteiger partial charge in [-0.25, -0.2) is 10.2 Å². The number of fused-ring (bicyclic) bond motifs is 1. The van der Waals surface area contributed by atoms with Crippen molar-refractivity contribution in [1.29, 1.82) is 0 Å². The third-order valence-corrected chi connectivity index (χ3v) is 5.87. The number of hydrazone groups is 1. The molecule has 8 heteroatoms. The molecule has 0 saturated carbocycles. The standard InChI is InChI=1S/C29H25BrN2O5/c1-3-35-24-14-11-21(12-15-24)29(34)37-26-16-13-23(30)17-22(26)18-31-32-28(33)19(2)36-27-10-6-8-20-7-4-5-9-25(20)27/h4-19H,3H2,1-2H3,(H,32,33)/b31-18+. The monoisotopic (exact) mass is 560 g/mol. The number of esters is 1. The van der Waals surface area contributed by atoms with Crippen molar-refractivity contribution in [3.05, 3.63) is 101 Å². The smallest absolute Gasteiger partial charge is 0.343 e. The van der Waals surface area contributed by atoms with Crippen LogP contribution in [0.5, 0.6) is 17.2 Å². The number of hydrogen-bond donors (Lipinski definition) is 1. The summed E-state index contributed by atoms with van der Waals surface area (Å²) in [4.78, 5) is 25.3. The van der Waals surface area contributed by atoms with E-state index in [4.69, 9.17) is 14.2 Å². The highest BCUT2D eigenvalue weighted by atomic mass is 79.9. The van der Waals surface area contributed by atoms with Crippen molar-refractivity contribution < 1.29 is 23.8 Å². The molecule has 0 bridgehead atoms. The van der Waals surface area contributed by atoms with Gasteiger partial charge in [-0.1, -0.05) is 52.3 Å². The molecule has 1 unspecified atom stereocenters. The van der Waals surface area contributed by atoms with Crippen LogP contribution < -0.4 is 19.6 Å². The molecule has 0 spiro atoms. The molecule has 0 radical (unpaired) electrons. The molecule has 0 saturated heterocycles. The van der Waals surface area contributed by atoms with Crippen LogP contribution in [0.15, 0.2) is 94.5 Å². The van der Waals surface area contributed by atoms with E-state index in [1.54, 1.807) is 49.4 Å². The number of halogens is 1. The third-order valence-electron chi connectivity index (χ3n) is 5.38. The van der Waals surface area contributed by atoms with Gasteiger partial charge < -0.3 is 14.2 Å². The van der Waals surface area contributed by atoms with E-state index in [0.29, 0.717) is 35.0 Å². The molecule has 0 aliphatic carbocycles.